The van der Waals surface area contributed by atoms with Gasteiger partial charge in [0, 0.05) is 0 Å². The Labute approximate surface area is 192 Å². The van der Waals surface area contributed by atoms with Crippen molar-refractivity contribution in [3.8, 4) is 0 Å². The Morgan fingerprint density at radius 3 is 1.71 bits per heavy atom. The summed E-state index contributed by atoms with van der Waals surface area (Å²) >= 11 is 0. The SMILES string of the molecule is CCCCCCCCc1c(C)ccc(P(O)(O)(O)CCCCCCCC)c1C(C)(C)C. The van der Waals surface area contributed by atoms with E-state index in [1.54, 1.807) is 6.07 Å². The Bertz CT molecular complexity index is 653. The van der Waals surface area contributed by atoms with E-state index in [0.29, 0.717) is 11.7 Å². The van der Waals surface area contributed by atoms with E-state index in [0.717, 1.165) is 31.2 Å². The first kappa shape index (κ1) is 28.6. The molecule has 1 aromatic rings. The van der Waals surface area contributed by atoms with Crippen LogP contribution >= 0.6 is 7.28 Å². The zero-order valence-corrected chi connectivity index (χ0v) is 22.2. The zero-order chi connectivity index (χ0) is 23.6. The van der Waals surface area contributed by atoms with Crippen LogP contribution in [0.5, 0.6) is 0 Å². The average molecular weight is 455 g/mol. The van der Waals surface area contributed by atoms with Gasteiger partial charge in [-0.2, -0.15) is 0 Å². The van der Waals surface area contributed by atoms with Crippen LogP contribution < -0.4 is 5.30 Å². The predicted molar refractivity (Wildman–Crippen MR) is 138 cm³/mol. The summed E-state index contributed by atoms with van der Waals surface area (Å²) in [4.78, 5) is 33.7. The maximum atomic E-state index is 11.2. The van der Waals surface area contributed by atoms with Gasteiger partial charge in [-0.3, -0.25) is 0 Å². The monoisotopic (exact) mass is 454 g/mol. The Kier molecular flexibility index (Phi) is 11.7. The molecule has 182 valence electrons. The molecule has 0 amide bonds. The van der Waals surface area contributed by atoms with Gasteiger partial charge in [0.1, 0.15) is 0 Å². The van der Waals surface area contributed by atoms with Gasteiger partial charge in [0.05, 0.1) is 0 Å². The Morgan fingerprint density at radius 2 is 1.19 bits per heavy atom. The van der Waals surface area contributed by atoms with Crippen LogP contribution in [0.4, 0.5) is 0 Å². The molecule has 0 saturated heterocycles. The first-order chi connectivity index (χ1) is 14.4. The molecule has 4 heteroatoms. The minimum absolute atomic E-state index is 0.0698. The molecule has 1 rings (SSSR count). The quantitative estimate of drug-likeness (QED) is 0.190. The van der Waals surface area contributed by atoms with Gasteiger partial charge in [-0.1, -0.05) is 0 Å². The number of rotatable bonds is 15. The summed E-state index contributed by atoms with van der Waals surface area (Å²) in [7, 11) is -4.91. The van der Waals surface area contributed by atoms with Gasteiger partial charge < -0.3 is 0 Å². The van der Waals surface area contributed by atoms with Crippen LogP contribution in [0.1, 0.15) is 128 Å². The third-order valence-electron chi connectivity index (χ3n) is 6.47. The van der Waals surface area contributed by atoms with E-state index in [1.165, 1.54) is 62.5 Å². The number of benzene rings is 1. The van der Waals surface area contributed by atoms with Crippen LogP contribution in [0, 0.1) is 6.92 Å². The number of hydrogen-bond acceptors (Lipinski definition) is 3. The van der Waals surface area contributed by atoms with Crippen molar-refractivity contribution >= 4 is 12.6 Å². The standard InChI is InChI=1S/C27H51O3P/c1-7-9-11-13-15-17-19-24-23(3)20-21-25(26(24)27(4,5)6)31(28,29,30)22-18-16-14-12-10-8-2/h20-21,28-30H,7-19,22H2,1-6H3. The second-order valence-electron chi connectivity index (χ2n) is 10.7. The van der Waals surface area contributed by atoms with Crippen molar-refractivity contribution in [3.63, 3.8) is 0 Å². The molecule has 0 bridgehead atoms. The Hall–Kier alpha value is -0.470. The van der Waals surface area contributed by atoms with Crippen molar-refractivity contribution in [2.75, 3.05) is 6.16 Å². The molecule has 3 nitrogen and oxygen atoms in total. The first-order valence-electron chi connectivity index (χ1n) is 12.8. The van der Waals surface area contributed by atoms with Crippen molar-refractivity contribution in [2.45, 2.75) is 130 Å². The summed E-state index contributed by atoms with van der Waals surface area (Å²) < 4.78 is 0. The van der Waals surface area contributed by atoms with Gasteiger partial charge in [0.15, 0.2) is 0 Å². The van der Waals surface area contributed by atoms with Crippen LogP contribution in [0.25, 0.3) is 0 Å². The van der Waals surface area contributed by atoms with Gasteiger partial charge in [-0.25, -0.2) is 0 Å². The van der Waals surface area contributed by atoms with Gasteiger partial charge in [-0.05, 0) is 0 Å². The van der Waals surface area contributed by atoms with Gasteiger partial charge in [0.25, 0.3) is 0 Å². The summed E-state index contributed by atoms with van der Waals surface area (Å²) in [6.45, 7) is 12.9. The molecule has 0 aliphatic heterocycles. The summed E-state index contributed by atoms with van der Waals surface area (Å²) in [5.41, 5.74) is 3.08. The topological polar surface area (TPSA) is 60.7 Å². The van der Waals surface area contributed by atoms with E-state index >= 15 is 0 Å². The molecule has 0 heterocycles. The van der Waals surface area contributed by atoms with Gasteiger partial charge in [0.2, 0.25) is 0 Å². The second kappa shape index (κ2) is 12.7. The fourth-order valence-corrected chi connectivity index (χ4v) is 7.02. The van der Waals surface area contributed by atoms with E-state index < -0.39 is 7.28 Å². The Balaban J connectivity index is 3.07. The molecular weight excluding hydrogens is 403 g/mol. The van der Waals surface area contributed by atoms with Crippen molar-refractivity contribution in [1.29, 1.82) is 0 Å². The van der Waals surface area contributed by atoms with Crippen LogP contribution in [-0.2, 0) is 11.8 Å². The minimum atomic E-state index is -4.91. The van der Waals surface area contributed by atoms with Crippen LogP contribution in [0.2, 0.25) is 0 Å². The summed E-state index contributed by atoms with van der Waals surface area (Å²) in [5, 5.41) is 0.402. The maximum absolute atomic E-state index is 11.2. The van der Waals surface area contributed by atoms with E-state index in [2.05, 4.69) is 41.5 Å². The normalized spacial score (nSPS) is 13.9. The molecule has 0 radical (unpaired) electrons. The van der Waals surface area contributed by atoms with Gasteiger partial charge >= 0.3 is 193 Å². The number of hydrogen-bond donors (Lipinski definition) is 3. The molecule has 0 fully saturated rings. The molecule has 0 spiro atoms. The third-order valence-corrected chi connectivity index (χ3v) is 8.97. The molecule has 0 atom stereocenters. The molecule has 0 aliphatic carbocycles. The van der Waals surface area contributed by atoms with Crippen LogP contribution in [0.3, 0.4) is 0 Å². The number of unbranched alkanes of at least 4 members (excludes halogenated alkanes) is 10. The van der Waals surface area contributed by atoms with E-state index in [4.69, 9.17) is 0 Å². The zero-order valence-electron chi connectivity index (χ0n) is 21.3. The molecule has 0 aliphatic rings. The first-order valence-corrected chi connectivity index (χ1v) is 15.1. The van der Waals surface area contributed by atoms with Crippen molar-refractivity contribution in [3.05, 3.63) is 28.8 Å². The van der Waals surface area contributed by atoms with Gasteiger partial charge in [-0.15, -0.1) is 0 Å². The molecule has 1 aromatic carbocycles. The van der Waals surface area contributed by atoms with Crippen molar-refractivity contribution in [2.24, 2.45) is 0 Å². The van der Waals surface area contributed by atoms with Crippen LogP contribution in [-0.4, -0.2) is 20.8 Å². The van der Waals surface area contributed by atoms with Crippen LogP contribution in [0.15, 0.2) is 12.1 Å². The van der Waals surface area contributed by atoms with Crippen molar-refractivity contribution < 1.29 is 14.7 Å². The molecule has 0 aromatic heterocycles. The Morgan fingerprint density at radius 1 is 0.710 bits per heavy atom. The average Bonchev–Trinajstić information content (AvgIpc) is 2.66. The fraction of sp³-hybridized carbons (Fsp3) is 0.778. The molecule has 3 N–H and O–H groups in total. The molecule has 0 unspecified atom stereocenters. The van der Waals surface area contributed by atoms with E-state index in [1.807, 2.05) is 6.07 Å². The number of aryl methyl sites for hydroxylation is 1. The van der Waals surface area contributed by atoms with E-state index in [-0.39, 0.29) is 11.6 Å². The molecular formula is C27H51O3P. The predicted octanol–water partition coefficient (Wildman–Crippen LogP) is 7.46. The second-order valence-corrected chi connectivity index (χ2v) is 13.9. The molecule has 31 heavy (non-hydrogen) atoms. The fourth-order valence-electron chi connectivity index (χ4n) is 4.67. The summed E-state index contributed by atoms with van der Waals surface area (Å²) in [6, 6.07) is 3.76. The van der Waals surface area contributed by atoms with Crippen molar-refractivity contribution in [1.82, 2.24) is 0 Å². The summed E-state index contributed by atoms with van der Waals surface area (Å²) in [6.07, 6.45) is 14.7. The third kappa shape index (κ3) is 9.50. The van der Waals surface area contributed by atoms with E-state index in [9.17, 15) is 14.7 Å². The summed E-state index contributed by atoms with van der Waals surface area (Å²) in [5.74, 6) is 0. The molecule has 0 saturated carbocycles.